The van der Waals surface area contributed by atoms with Gasteiger partial charge in [-0.1, -0.05) is 140 Å². The van der Waals surface area contributed by atoms with Crippen molar-refractivity contribution in [3.63, 3.8) is 0 Å². The maximum atomic E-state index is 14.9. The number of nitrogens with zero attached hydrogens (tertiary/aromatic N) is 5. The van der Waals surface area contributed by atoms with Crippen LogP contribution in [0.4, 0.5) is 10.2 Å². The number of phosphoric acid groups is 1. The molecule has 2 aromatic heterocycles. The average molecular weight is 966 g/mol. The number of halogens is 2. The number of benzene rings is 2. The molecule has 2 unspecified atom stereocenters. The summed E-state index contributed by atoms with van der Waals surface area (Å²) in [7, 11) is -4.66. The van der Waals surface area contributed by atoms with Crippen LogP contribution in [0.2, 0.25) is 5.02 Å². The molecule has 4 aromatic rings. The number of nitriles is 2. The fraction of sp³-hybridized carbons (Fsp3) is 0.600. The van der Waals surface area contributed by atoms with Crippen molar-refractivity contribution in [2.45, 2.75) is 179 Å². The monoisotopic (exact) mass is 964 g/mol. The molecule has 0 radical (unpaired) electrons. The van der Waals surface area contributed by atoms with E-state index in [4.69, 9.17) is 49.9 Å². The van der Waals surface area contributed by atoms with Crippen molar-refractivity contribution in [1.29, 1.82) is 10.5 Å². The van der Waals surface area contributed by atoms with Crippen molar-refractivity contribution >= 4 is 30.8 Å². The molecule has 2 aromatic carbocycles. The Hall–Kier alpha value is -4.15. The molecule has 2 aliphatic heterocycles. The Morgan fingerprint density at radius 3 is 2.18 bits per heavy atom. The second-order valence-electron chi connectivity index (χ2n) is 18.1. The van der Waals surface area contributed by atoms with E-state index in [0.717, 1.165) is 31.7 Å². The maximum absolute atomic E-state index is 14.9. The molecule has 14 nitrogen and oxygen atoms in total. The largest absolute Gasteiger partial charge is 0.530 e. The van der Waals surface area contributed by atoms with Gasteiger partial charge in [0.2, 0.25) is 5.60 Å². The van der Waals surface area contributed by atoms with Gasteiger partial charge in [0.1, 0.15) is 54.4 Å². The van der Waals surface area contributed by atoms with Gasteiger partial charge in [0, 0.05) is 0 Å². The lowest BCUT2D eigenvalue weighted by Gasteiger charge is -2.30. The molecule has 2 N–H and O–H groups in total. The molecule has 17 heteroatoms. The van der Waals surface area contributed by atoms with Gasteiger partial charge in [-0.25, -0.2) is 18.5 Å². The zero-order valence-corrected chi connectivity index (χ0v) is 40.9. The summed E-state index contributed by atoms with van der Waals surface area (Å²) >= 11 is 6.48. The van der Waals surface area contributed by atoms with Crippen LogP contribution in [0.25, 0.3) is 5.52 Å². The molecular formula is C50H67ClFN6O8P. The zero-order valence-electron chi connectivity index (χ0n) is 39.2. The van der Waals surface area contributed by atoms with E-state index >= 15 is 0 Å². The Labute approximate surface area is 400 Å². The molecule has 364 valence electrons. The lowest BCUT2D eigenvalue weighted by molar-refractivity contribution is -0.204. The number of hydrogen-bond acceptors (Lipinski definition) is 13. The van der Waals surface area contributed by atoms with Crippen molar-refractivity contribution in [3.8, 4) is 17.9 Å². The summed E-state index contributed by atoms with van der Waals surface area (Å²) < 4.78 is 74.4. The van der Waals surface area contributed by atoms with Crippen molar-refractivity contribution < 1.29 is 41.5 Å². The quantitative estimate of drug-likeness (QED) is 0.0385. The van der Waals surface area contributed by atoms with Gasteiger partial charge < -0.3 is 29.2 Å². The first kappa shape index (κ1) is 52.2. The van der Waals surface area contributed by atoms with E-state index in [1.165, 1.54) is 102 Å². The van der Waals surface area contributed by atoms with Gasteiger partial charge in [-0.3, -0.25) is 9.05 Å². The van der Waals surface area contributed by atoms with E-state index in [1.54, 1.807) is 54.8 Å². The molecule has 6 atom stereocenters. The van der Waals surface area contributed by atoms with Gasteiger partial charge >= 0.3 is 7.82 Å². The van der Waals surface area contributed by atoms with Gasteiger partial charge in [0.25, 0.3) is 0 Å². The minimum atomic E-state index is -4.66. The molecule has 0 bridgehead atoms. The predicted octanol–water partition coefficient (Wildman–Crippen LogP) is 12.7. The third-order valence-electron chi connectivity index (χ3n) is 12.3. The van der Waals surface area contributed by atoms with Gasteiger partial charge in [0.05, 0.1) is 41.7 Å². The van der Waals surface area contributed by atoms with E-state index in [1.807, 2.05) is 6.07 Å². The highest BCUT2D eigenvalue weighted by atomic mass is 35.5. The Kier molecular flexibility index (Phi) is 19.8. The smallest absolute Gasteiger partial charge is 0.402 e. The fourth-order valence-corrected chi connectivity index (χ4v) is 10.3. The molecule has 0 amide bonds. The third kappa shape index (κ3) is 14.9. The number of anilines is 1. The summed E-state index contributed by atoms with van der Waals surface area (Å²) in [5, 5.41) is 24.8. The summed E-state index contributed by atoms with van der Waals surface area (Å²) in [6, 6.07) is 18.1. The van der Waals surface area contributed by atoms with Crippen LogP contribution in [0.5, 0.6) is 5.75 Å². The molecule has 0 aliphatic carbocycles. The van der Waals surface area contributed by atoms with Gasteiger partial charge in [0.15, 0.2) is 11.6 Å². The summed E-state index contributed by atoms with van der Waals surface area (Å²) in [5.74, 6) is -1.41. The van der Waals surface area contributed by atoms with Crippen LogP contribution in [0.3, 0.4) is 0 Å². The minimum Gasteiger partial charge on any atom is -0.402 e. The second kappa shape index (κ2) is 25.5. The number of ether oxygens (including phenoxy) is 4. The van der Waals surface area contributed by atoms with E-state index in [0.29, 0.717) is 23.2 Å². The van der Waals surface area contributed by atoms with Gasteiger partial charge in [-0.15, -0.1) is 0 Å². The topological polar surface area (TPSA) is 185 Å². The molecule has 6 rings (SSSR count). The van der Waals surface area contributed by atoms with Crippen LogP contribution in [0.1, 0.15) is 159 Å². The maximum Gasteiger partial charge on any atom is 0.530 e. The molecule has 67 heavy (non-hydrogen) atoms. The minimum absolute atomic E-state index is 0.0227. The van der Waals surface area contributed by atoms with E-state index < -0.39 is 56.1 Å². The lowest BCUT2D eigenvalue weighted by Crippen LogP contribution is -2.46. The molecular weight excluding hydrogens is 898 g/mol. The van der Waals surface area contributed by atoms with Gasteiger partial charge in [-0.2, -0.15) is 15.6 Å². The van der Waals surface area contributed by atoms with Crippen molar-refractivity contribution in [2.75, 3.05) is 18.9 Å². The highest BCUT2D eigenvalue weighted by molar-refractivity contribution is 7.49. The Morgan fingerprint density at radius 2 is 1.54 bits per heavy atom. The summed E-state index contributed by atoms with van der Waals surface area (Å²) in [4.78, 5) is 4.07. The van der Waals surface area contributed by atoms with Crippen LogP contribution >= 0.6 is 19.4 Å². The molecule has 2 saturated heterocycles. The summed E-state index contributed by atoms with van der Waals surface area (Å²) in [6.45, 7) is 4.77. The number of para-hydroxylation sites is 1. The Balaban J connectivity index is 1.09. The standard InChI is InChI=1S/C50H67ClFN6O8P/c1-4-5-6-7-8-9-10-11-12-13-14-15-16-17-18-19-20-23-40(60-32-38-28-37(31-53)29-39(52)30-38)33-61-67(59,66-44-25-22-21-24-41(44)51)62-35-50(34-54)47-46(63-49(2,3)65-47)45(64-50)42-26-27-43-48(55)56-36-57-58(42)43/h21-22,24-30,36,40,45-47H,4-20,23,32-33,35H2,1-3H3,(H2,55,56,57)/t40-,45?,46-,47-,50+,67?/m0/s1. The molecule has 0 spiro atoms. The van der Waals surface area contributed by atoms with Crippen LogP contribution in [-0.2, 0) is 39.2 Å². The number of rotatable bonds is 30. The fourth-order valence-electron chi connectivity index (χ4n) is 8.79. The number of unbranched alkanes of at least 4 members (excludes halogenated alkanes) is 16. The zero-order chi connectivity index (χ0) is 47.7. The normalized spacial score (nSPS) is 21.1. The predicted molar refractivity (Wildman–Crippen MR) is 253 cm³/mol. The first-order chi connectivity index (χ1) is 32.4. The highest BCUT2D eigenvalue weighted by Crippen LogP contribution is 2.55. The number of aromatic nitrogens is 3. The third-order valence-corrected chi connectivity index (χ3v) is 14.0. The second-order valence-corrected chi connectivity index (χ2v) is 20.1. The van der Waals surface area contributed by atoms with E-state index in [-0.39, 0.29) is 35.4 Å². The Bertz CT molecular complexity index is 2320. The number of hydrogen-bond donors (Lipinski definition) is 1. The number of fused-ring (bicyclic) bond motifs is 2. The number of nitrogens with two attached hydrogens (primary N) is 1. The molecule has 2 fully saturated rings. The molecule has 4 heterocycles. The average Bonchev–Trinajstić information content (AvgIpc) is 3.98. The van der Waals surface area contributed by atoms with Crippen molar-refractivity contribution in [3.05, 3.63) is 88.6 Å². The van der Waals surface area contributed by atoms with Crippen LogP contribution in [0, 0.1) is 28.5 Å². The van der Waals surface area contributed by atoms with Crippen LogP contribution in [0.15, 0.2) is 60.9 Å². The summed E-state index contributed by atoms with van der Waals surface area (Å²) in [5.41, 5.74) is 5.92. The van der Waals surface area contributed by atoms with Crippen molar-refractivity contribution in [2.24, 2.45) is 0 Å². The first-order valence-corrected chi connectivity index (χ1v) is 25.9. The van der Waals surface area contributed by atoms with Crippen LogP contribution < -0.4 is 10.3 Å². The van der Waals surface area contributed by atoms with E-state index in [2.05, 4.69) is 23.1 Å². The molecule has 0 saturated carbocycles. The summed E-state index contributed by atoms with van der Waals surface area (Å²) in [6.07, 6.45) is 19.5. The van der Waals surface area contributed by atoms with Crippen molar-refractivity contribution in [1.82, 2.24) is 14.6 Å². The number of phosphoric ester groups is 1. The number of nitrogen functional groups attached to an aromatic ring is 1. The molecule has 2 aliphatic rings. The highest BCUT2D eigenvalue weighted by Gasteiger charge is 2.65. The lowest BCUT2D eigenvalue weighted by atomic mass is 9.96. The van der Waals surface area contributed by atoms with Crippen LogP contribution in [-0.4, -0.2) is 57.5 Å². The van der Waals surface area contributed by atoms with Gasteiger partial charge in [-0.05, 0) is 68.3 Å². The first-order valence-electron chi connectivity index (χ1n) is 24.1. The SMILES string of the molecule is CCCCCCCCCCCCCCCCCCC[C@@H](COP(=O)(OC[C@@]1(C#N)OC(c2ccc3c(N)ncnn23)[C@@H]2OC(C)(C)O[C@@H]21)Oc1ccccc1Cl)OCc1cc(F)cc(C#N)c1. The Morgan fingerprint density at radius 1 is 0.881 bits per heavy atom. The van der Waals surface area contributed by atoms with E-state index in [9.17, 15) is 19.5 Å².